The Morgan fingerprint density at radius 3 is 2.00 bits per heavy atom. The van der Waals surface area contributed by atoms with E-state index in [1.54, 1.807) is 11.8 Å². The Morgan fingerprint density at radius 2 is 1.40 bits per heavy atom. The fourth-order valence-corrected chi connectivity index (χ4v) is 4.45. The second-order valence-electron chi connectivity index (χ2n) is 8.04. The van der Waals surface area contributed by atoms with Gasteiger partial charge in [-0.3, -0.25) is 0 Å². The quantitative estimate of drug-likeness (QED) is 0.348. The van der Waals surface area contributed by atoms with E-state index in [-0.39, 0.29) is 19.8 Å². The lowest BCUT2D eigenvalue weighted by Gasteiger charge is -2.25. The van der Waals surface area contributed by atoms with Gasteiger partial charge in [-0.1, -0.05) is 91.0 Å². The first-order valence-electron chi connectivity index (χ1n) is 11.7. The minimum atomic E-state index is -0.808. The number of esters is 1. The number of thioether (sulfide) groups is 1. The SMILES string of the molecule is O=C(OCc1ccccc1)[C@H](CSCc1ccccc1)NC(=O)N(CCO)CCc1ccccc1. The maximum absolute atomic E-state index is 13.1. The molecule has 184 valence electrons. The van der Waals surface area contributed by atoms with Crippen molar-refractivity contribution in [3.05, 3.63) is 108 Å². The monoisotopic (exact) mass is 492 g/mol. The number of ether oxygens (including phenoxy) is 1. The van der Waals surface area contributed by atoms with E-state index in [0.717, 1.165) is 16.7 Å². The van der Waals surface area contributed by atoms with Crippen molar-refractivity contribution in [2.24, 2.45) is 0 Å². The summed E-state index contributed by atoms with van der Waals surface area (Å²) in [6, 6.07) is 28.1. The zero-order valence-corrected chi connectivity index (χ0v) is 20.5. The highest BCUT2D eigenvalue weighted by Crippen LogP contribution is 2.14. The summed E-state index contributed by atoms with van der Waals surface area (Å²) in [7, 11) is 0. The lowest BCUT2D eigenvalue weighted by molar-refractivity contribution is -0.146. The van der Waals surface area contributed by atoms with Gasteiger partial charge in [-0.25, -0.2) is 9.59 Å². The number of carbonyl (C=O) groups is 2. The number of aliphatic hydroxyl groups excluding tert-OH is 1. The summed E-state index contributed by atoms with van der Waals surface area (Å²) in [5.41, 5.74) is 3.12. The van der Waals surface area contributed by atoms with Crippen molar-refractivity contribution >= 4 is 23.8 Å². The smallest absolute Gasteiger partial charge is 0.329 e. The first-order valence-corrected chi connectivity index (χ1v) is 12.8. The van der Waals surface area contributed by atoms with E-state index in [2.05, 4.69) is 5.32 Å². The van der Waals surface area contributed by atoms with Crippen LogP contribution in [-0.4, -0.2) is 53.5 Å². The number of hydrogen-bond acceptors (Lipinski definition) is 5. The molecule has 0 saturated heterocycles. The predicted octanol–water partition coefficient (Wildman–Crippen LogP) is 4.28. The van der Waals surface area contributed by atoms with Crippen LogP contribution in [0.1, 0.15) is 16.7 Å². The standard InChI is InChI=1S/C28H32N2O4S/c31-19-18-30(17-16-23-10-4-1-5-11-23)28(33)29-26(22-35-21-25-14-8-3-9-15-25)27(32)34-20-24-12-6-2-7-13-24/h1-15,26,31H,16-22H2,(H,29,33)/t26-/m0/s1. The molecule has 0 unspecified atom stereocenters. The molecule has 35 heavy (non-hydrogen) atoms. The lowest BCUT2D eigenvalue weighted by Crippen LogP contribution is -2.50. The maximum Gasteiger partial charge on any atom is 0.329 e. The van der Waals surface area contributed by atoms with Crippen LogP contribution in [0.3, 0.4) is 0 Å². The van der Waals surface area contributed by atoms with Gasteiger partial charge in [-0.05, 0) is 23.1 Å². The van der Waals surface area contributed by atoms with Gasteiger partial charge in [0.05, 0.1) is 6.61 Å². The average molecular weight is 493 g/mol. The van der Waals surface area contributed by atoms with E-state index >= 15 is 0 Å². The second kappa shape index (κ2) is 14.9. The molecule has 0 aromatic heterocycles. The Morgan fingerprint density at radius 1 is 0.829 bits per heavy atom. The molecule has 0 aliphatic heterocycles. The molecule has 0 fully saturated rings. The molecule has 2 amide bonds. The topological polar surface area (TPSA) is 78.9 Å². The van der Waals surface area contributed by atoms with Crippen LogP contribution in [0.4, 0.5) is 4.79 Å². The Bertz CT molecular complexity index is 1020. The number of nitrogens with one attached hydrogen (secondary N) is 1. The highest BCUT2D eigenvalue weighted by Gasteiger charge is 2.25. The Kier molecular flexibility index (Phi) is 11.2. The van der Waals surface area contributed by atoms with E-state index in [4.69, 9.17) is 4.74 Å². The highest BCUT2D eigenvalue weighted by molar-refractivity contribution is 7.98. The van der Waals surface area contributed by atoms with Gasteiger partial charge < -0.3 is 20.1 Å². The number of aliphatic hydroxyl groups is 1. The fraction of sp³-hybridized carbons (Fsp3) is 0.286. The van der Waals surface area contributed by atoms with E-state index in [9.17, 15) is 14.7 Å². The average Bonchev–Trinajstić information content (AvgIpc) is 2.90. The summed E-state index contributed by atoms with van der Waals surface area (Å²) < 4.78 is 5.53. The van der Waals surface area contributed by atoms with Crippen LogP contribution in [-0.2, 0) is 28.3 Å². The van der Waals surface area contributed by atoms with Crippen molar-refractivity contribution in [1.82, 2.24) is 10.2 Å². The third-order valence-corrected chi connectivity index (χ3v) is 6.48. The Balaban J connectivity index is 1.61. The number of rotatable bonds is 13. The summed E-state index contributed by atoms with van der Waals surface area (Å²) in [4.78, 5) is 27.5. The van der Waals surface area contributed by atoms with E-state index < -0.39 is 18.0 Å². The van der Waals surface area contributed by atoms with Crippen LogP contribution in [0.25, 0.3) is 0 Å². The number of amides is 2. The lowest BCUT2D eigenvalue weighted by atomic mass is 10.1. The van der Waals surface area contributed by atoms with Crippen LogP contribution in [0.15, 0.2) is 91.0 Å². The highest BCUT2D eigenvalue weighted by atomic mass is 32.2. The normalized spacial score (nSPS) is 11.5. The van der Waals surface area contributed by atoms with Gasteiger partial charge in [0.1, 0.15) is 12.6 Å². The first kappa shape index (κ1) is 26.3. The summed E-state index contributed by atoms with van der Waals surface area (Å²) in [5, 5.41) is 12.3. The molecule has 0 radical (unpaired) electrons. The van der Waals surface area contributed by atoms with Crippen LogP contribution >= 0.6 is 11.8 Å². The van der Waals surface area contributed by atoms with Crippen molar-refractivity contribution in [3.63, 3.8) is 0 Å². The molecule has 7 heteroatoms. The number of benzene rings is 3. The van der Waals surface area contributed by atoms with Crippen LogP contribution in [0.2, 0.25) is 0 Å². The molecule has 2 N–H and O–H groups in total. The van der Waals surface area contributed by atoms with E-state index in [1.807, 2.05) is 91.0 Å². The van der Waals surface area contributed by atoms with Crippen molar-refractivity contribution < 1.29 is 19.4 Å². The van der Waals surface area contributed by atoms with Gasteiger partial charge in [-0.2, -0.15) is 11.8 Å². The van der Waals surface area contributed by atoms with Crippen LogP contribution < -0.4 is 5.32 Å². The summed E-state index contributed by atoms with van der Waals surface area (Å²) in [5.74, 6) is 0.614. The van der Waals surface area contributed by atoms with Gasteiger partial charge in [-0.15, -0.1) is 0 Å². The predicted molar refractivity (Wildman–Crippen MR) is 140 cm³/mol. The number of nitrogens with zero attached hydrogens (tertiary/aromatic N) is 1. The molecular formula is C28H32N2O4S. The molecule has 0 spiro atoms. The minimum absolute atomic E-state index is 0.143. The van der Waals surface area contributed by atoms with Gasteiger partial charge in [0.15, 0.2) is 0 Å². The first-order chi connectivity index (χ1) is 17.2. The zero-order chi connectivity index (χ0) is 24.7. The van der Waals surface area contributed by atoms with Crippen molar-refractivity contribution in [3.8, 4) is 0 Å². The molecule has 0 aliphatic rings. The molecule has 3 rings (SSSR count). The van der Waals surface area contributed by atoms with Crippen molar-refractivity contribution in [1.29, 1.82) is 0 Å². The molecule has 0 saturated carbocycles. The van der Waals surface area contributed by atoms with Crippen molar-refractivity contribution in [2.75, 3.05) is 25.4 Å². The Hall–Kier alpha value is -3.29. The van der Waals surface area contributed by atoms with E-state index in [1.165, 1.54) is 4.90 Å². The molecule has 0 heterocycles. The van der Waals surface area contributed by atoms with Gasteiger partial charge in [0.2, 0.25) is 0 Å². The van der Waals surface area contributed by atoms with Gasteiger partial charge >= 0.3 is 12.0 Å². The zero-order valence-electron chi connectivity index (χ0n) is 19.7. The molecule has 3 aromatic carbocycles. The van der Waals surface area contributed by atoms with Gasteiger partial charge in [0, 0.05) is 24.6 Å². The number of hydrogen-bond donors (Lipinski definition) is 2. The minimum Gasteiger partial charge on any atom is -0.459 e. The molecule has 1 atom stereocenters. The van der Waals surface area contributed by atoms with Crippen LogP contribution in [0, 0.1) is 0 Å². The third-order valence-electron chi connectivity index (χ3n) is 5.37. The fourth-order valence-electron chi connectivity index (χ4n) is 3.45. The Labute approximate surface area is 211 Å². The van der Waals surface area contributed by atoms with Crippen molar-refractivity contribution in [2.45, 2.75) is 24.8 Å². The van der Waals surface area contributed by atoms with Gasteiger partial charge in [0.25, 0.3) is 0 Å². The van der Waals surface area contributed by atoms with Crippen LogP contribution in [0.5, 0.6) is 0 Å². The molecule has 3 aromatic rings. The number of urea groups is 1. The second-order valence-corrected chi connectivity index (χ2v) is 9.07. The largest absolute Gasteiger partial charge is 0.459 e. The summed E-state index contributed by atoms with van der Waals surface area (Å²) >= 11 is 1.56. The maximum atomic E-state index is 13.1. The van der Waals surface area contributed by atoms with E-state index in [0.29, 0.717) is 24.5 Å². The molecule has 0 aliphatic carbocycles. The molecule has 0 bridgehead atoms. The summed E-state index contributed by atoms with van der Waals surface area (Å²) in [6.07, 6.45) is 0.653. The number of carbonyl (C=O) groups excluding carboxylic acids is 2. The molecular weight excluding hydrogens is 460 g/mol. The molecule has 6 nitrogen and oxygen atoms in total. The third kappa shape index (κ3) is 9.47. The summed E-state index contributed by atoms with van der Waals surface area (Å²) in [6.45, 7) is 0.596.